The van der Waals surface area contributed by atoms with Crippen LogP contribution in [0, 0.1) is 0 Å². The number of aliphatic hydroxyl groups excluding tert-OH is 1. The minimum Gasteiger partial charge on any atom is -0.390 e. The van der Waals surface area contributed by atoms with Gasteiger partial charge in [0.25, 0.3) is 5.91 Å². The SMILES string of the molecule is O=C(N/N=C\c1ccccc1)c1ccc[n+](CCO)c1. The van der Waals surface area contributed by atoms with Crippen LogP contribution < -0.4 is 9.99 Å². The maximum atomic E-state index is 11.9. The highest BCUT2D eigenvalue weighted by molar-refractivity contribution is 5.94. The average molecular weight is 270 g/mol. The number of carbonyl (C=O) groups excluding carboxylic acids is 1. The van der Waals surface area contributed by atoms with E-state index in [1.807, 2.05) is 30.3 Å². The monoisotopic (exact) mass is 270 g/mol. The van der Waals surface area contributed by atoms with Crippen LogP contribution in [0.4, 0.5) is 0 Å². The van der Waals surface area contributed by atoms with Crippen LogP contribution in [-0.2, 0) is 6.54 Å². The molecule has 0 aliphatic heterocycles. The van der Waals surface area contributed by atoms with Crippen LogP contribution >= 0.6 is 0 Å². The molecule has 2 N–H and O–H groups in total. The first-order chi connectivity index (χ1) is 9.79. The fraction of sp³-hybridized carbons (Fsp3) is 0.133. The van der Waals surface area contributed by atoms with Crippen LogP contribution in [-0.4, -0.2) is 23.8 Å². The van der Waals surface area contributed by atoms with Gasteiger partial charge < -0.3 is 5.11 Å². The van der Waals surface area contributed by atoms with Crippen LogP contribution in [0.15, 0.2) is 60.0 Å². The van der Waals surface area contributed by atoms with Crippen LogP contribution in [0.2, 0.25) is 0 Å². The molecule has 0 aliphatic carbocycles. The third-order valence-corrected chi connectivity index (χ3v) is 2.66. The molecular weight excluding hydrogens is 254 g/mol. The van der Waals surface area contributed by atoms with E-state index in [0.29, 0.717) is 12.1 Å². The second-order valence-electron chi connectivity index (χ2n) is 4.16. The largest absolute Gasteiger partial charge is 0.390 e. The first-order valence-corrected chi connectivity index (χ1v) is 6.28. The van der Waals surface area contributed by atoms with Crippen molar-refractivity contribution in [3.63, 3.8) is 0 Å². The van der Waals surface area contributed by atoms with Crippen molar-refractivity contribution in [2.75, 3.05) is 6.61 Å². The molecule has 2 aromatic rings. The van der Waals surface area contributed by atoms with Crippen molar-refractivity contribution in [2.45, 2.75) is 6.54 Å². The van der Waals surface area contributed by atoms with Crippen LogP contribution in [0.1, 0.15) is 15.9 Å². The zero-order chi connectivity index (χ0) is 14.2. The Labute approximate surface area is 117 Å². The van der Waals surface area contributed by atoms with Crippen molar-refractivity contribution in [2.24, 2.45) is 5.10 Å². The van der Waals surface area contributed by atoms with E-state index in [0.717, 1.165) is 5.56 Å². The van der Waals surface area contributed by atoms with Crippen LogP contribution in [0.5, 0.6) is 0 Å². The van der Waals surface area contributed by atoms with Gasteiger partial charge >= 0.3 is 0 Å². The Bertz CT molecular complexity index is 597. The summed E-state index contributed by atoms with van der Waals surface area (Å²) in [5.74, 6) is -0.288. The molecule has 0 aliphatic rings. The molecule has 1 amide bonds. The normalized spacial score (nSPS) is 10.7. The van der Waals surface area contributed by atoms with Gasteiger partial charge in [0.1, 0.15) is 12.2 Å². The Balaban J connectivity index is 1.98. The van der Waals surface area contributed by atoms with Crippen molar-refractivity contribution in [1.29, 1.82) is 0 Å². The molecule has 0 saturated heterocycles. The van der Waals surface area contributed by atoms with E-state index in [9.17, 15) is 4.79 Å². The number of benzene rings is 1. The number of hydrogen-bond donors (Lipinski definition) is 2. The number of nitrogens with one attached hydrogen (secondary N) is 1. The lowest BCUT2D eigenvalue weighted by molar-refractivity contribution is -0.698. The summed E-state index contributed by atoms with van der Waals surface area (Å²) in [6.45, 7) is 0.482. The summed E-state index contributed by atoms with van der Waals surface area (Å²) < 4.78 is 1.75. The van der Waals surface area contributed by atoms with E-state index in [-0.39, 0.29) is 12.5 Å². The lowest BCUT2D eigenvalue weighted by Crippen LogP contribution is -2.36. The molecular formula is C15H16N3O2+. The number of aromatic nitrogens is 1. The van der Waals surface area contributed by atoms with E-state index in [1.54, 1.807) is 35.3 Å². The van der Waals surface area contributed by atoms with Crippen molar-refractivity contribution in [3.05, 3.63) is 66.0 Å². The van der Waals surface area contributed by atoms with Gasteiger partial charge in [0.15, 0.2) is 18.9 Å². The van der Waals surface area contributed by atoms with Gasteiger partial charge in [-0.2, -0.15) is 5.10 Å². The summed E-state index contributed by atoms with van der Waals surface area (Å²) in [6.07, 6.45) is 5.05. The van der Waals surface area contributed by atoms with Crippen molar-refractivity contribution in [3.8, 4) is 0 Å². The number of aliphatic hydroxyl groups is 1. The molecule has 1 aromatic carbocycles. The molecule has 0 radical (unpaired) electrons. The molecule has 102 valence electrons. The smallest absolute Gasteiger partial charge is 0.277 e. The standard InChI is InChI=1S/C15H15N3O2/c19-10-9-18-8-4-7-14(12-18)15(20)17-16-11-13-5-2-1-3-6-13/h1-8,11-12,19H,9-10H2/p+1/b16-11-. The summed E-state index contributed by atoms with van der Waals surface area (Å²) in [5, 5.41) is 12.8. The third kappa shape index (κ3) is 4.00. The Morgan fingerprint density at radius 3 is 2.80 bits per heavy atom. The van der Waals surface area contributed by atoms with Gasteiger partial charge in [-0.15, -0.1) is 0 Å². The van der Waals surface area contributed by atoms with Gasteiger partial charge in [-0.05, 0) is 11.6 Å². The van der Waals surface area contributed by atoms with E-state index >= 15 is 0 Å². The first kappa shape index (κ1) is 13.9. The molecule has 0 spiro atoms. The second-order valence-corrected chi connectivity index (χ2v) is 4.16. The van der Waals surface area contributed by atoms with Gasteiger partial charge in [-0.25, -0.2) is 9.99 Å². The summed E-state index contributed by atoms with van der Waals surface area (Å²) in [6, 6.07) is 13.0. The first-order valence-electron chi connectivity index (χ1n) is 6.28. The molecule has 2 rings (SSSR count). The molecule has 0 bridgehead atoms. The molecule has 1 heterocycles. The van der Waals surface area contributed by atoms with E-state index in [1.165, 1.54) is 0 Å². The fourth-order valence-electron chi connectivity index (χ4n) is 1.68. The van der Waals surface area contributed by atoms with Crippen molar-refractivity contribution < 1.29 is 14.5 Å². The van der Waals surface area contributed by atoms with Gasteiger partial charge in [0, 0.05) is 6.07 Å². The topological polar surface area (TPSA) is 65.6 Å². The van der Waals surface area contributed by atoms with Gasteiger partial charge in [-0.3, -0.25) is 4.79 Å². The highest BCUT2D eigenvalue weighted by Crippen LogP contribution is 1.96. The zero-order valence-corrected chi connectivity index (χ0v) is 10.9. The highest BCUT2D eigenvalue weighted by Gasteiger charge is 2.09. The van der Waals surface area contributed by atoms with Crippen LogP contribution in [0.3, 0.4) is 0 Å². The molecule has 20 heavy (non-hydrogen) atoms. The summed E-state index contributed by atoms with van der Waals surface area (Å²) >= 11 is 0. The molecule has 5 nitrogen and oxygen atoms in total. The van der Waals surface area contributed by atoms with Gasteiger partial charge in [0.05, 0.1) is 6.21 Å². The molecule has 0 atom stereocenters. The molecule has 0 saturated carbocycles. The maximum Gasteiger partial charge on any atom is 0.277 e. The minimum absolute atomic E-state index is 0.0297. The lowest BCUT2D eigenvalue weighted by Gasteiger charge is -1.99. The number of pyridine rings is 1. The maximum absolute atomic E-state index is 11.9. The summed E-state index contributed by atoms with van der Waals surface area (Å²) in [4.78, 5) is 11.9. The second kappa shape index (κ2) is 7.16. The predicted octanol–water partition coefficient (Wildman–Crippen LogP) is 0.730. The minimum atomic E-state index is -0.288. The van der Waals surface area contributed by atoms with Crippen molar-refractivity contribution in [1.82, 2.24) is 5.43 Å². The Hall–Kier alpha value is -2.53. The zero-order valence-electron chi connectivity index (χ0n) is 10.9. The number of nitrogens with zero attached hydrogens (tertiary/aromatic N) is 2. The Kier molecular flexibility index (Phi) is 4.97. The highest BCUT2D eigenvalue weighted by atomic mass is 16.3. The number of hydrogen-bond acceptors (Lipinski definition) is 3. The van der Waals surface area contributed by atoms with Crippen LogP contribution in [0.25, 0.3) is 0 Å². The number of carbonyl (C=O) groups is 1. The van der Waals surface area contributed by atoms with E-state index in [4.69, 9.17) is 5.11 Å². The third-order valence-electron chi connectivity index (χ3n) is 2.66. The fourth-order valence-corrected chi connectivity index (χ4v) is 1.68. The van der Waals surface area contributed by atoms with E-state index in [2.05, 4.69) is 10.5 Å². The average Bonchev–Trinajstić information content (AvgIpc) is 2.49. The quantitative estimate of drug-likeness (QED) is 0.478. The Morgan fingerprint density at radius 2 is 2.05 bits per heavy atom. The summed E-state index contributed by atoms with van der Waals surface area (Å²) in [5.41, 5.74) is 3.88. The van der Waals surface area contributed by atoms with E-state index < -0.39 is 0 Å². The molecule has 1 aromatic heterocycles. The van der Waals surface area contributed by atoms with Crippen molar-refractivity contribution >= 4 is 12.1 Å². The Morgan fingerprint density at radius 1 is 1.25 bits per heavy atom. The predicted molar refractivity (Wildman–Crippen MR) is 75.2 cm³/mol. The summed E-state index contributed by atoms with van der Waals surface area (Å²) in [7, 11) is 0. The number of hydrazone groups is 1. The molecule has 0 unspecified atom stereocenters. The lowest BCUT2D eigenvalue weighted by atomic mass is 10.2. The number of rotatable bonds is 5. The molecule has 5 heteroatoms. The van der Waals surface area contributed by atoms with Gasteiger partial charge in [-0.1, -0.05) is 30.3 Å². The van der Waals surface area contributed by atoms with Gasteiger partial charge in [0.2, 0.25) is 0 Å². The molecule has 0 fully saturated rings. The number of amides is 1.